The standard InChI is InChI=1S/C16H18F2N2O3/c17-11-5-4-9(13(18)8-11)7-14(22)20-15(16(19)23)10-2-1-3-12(21)6-10/h4-5,8,10,15H,1-3,6-7H2,(H2,19,23)(H,20,22)/t10-,15+/m1/s1. The number of amides is 2. The highest BCUT2D eigenvalue weighted by molar-refractivity contribution is 5.89. The van der Waals surface area contributed by atoms with E-state index in [0.29, 0.717) is 25.3 Å². The van der Waals surface area contributed by atoms with Gasteiger partial charge in [-0.3, -0.25) is 14.4 Å². The number of hydrogen-bond donors (Lipinski definition) is 2. The van der Waals surface area contributed by atoms with Gasteiger partial charge in [-0.15, -0.1) is 0 Å². The highest BCUT2D eigenvalue weighted by Crippen LogP contribution is 2.24. The van der Waals surface area contributed by atoms with Gasteiger partial charge in [0, 0.05) is 18.9 Å². The van der Waals surface area contributed by atoms with Crippen LogP contribution in [-0.4, -0.2) is 23.6 Å². The normalized spacial score (nSPS) is 19.2. The summed E-state index contributed by atoms with van der Waals surface area (Å²) >= 11 is 0. The van der Waals surface area contributed by atoms with Crippen molar-refractivity contribution in [3.8, 4) is 0 Å². The van der Waals surface area contributed by atoms with Gasteiger partial charge in [0.1, 0.15) is 23.5 Å². The molecule has 0 aliphatic heterocycles. The molecule has 0 bridgehead atoms. The number of primary amides is 1. The molecule has 0 radical (unpaired) electrons. The van der Waals surface area contributed by atoms with Crippen molar-refractivity contribution in [3.63, 3.8) is 0 Å². The summed E-state index contributed by atoms with van der Waals surface area (Å²) in [6, 6.07) is 1.95. The minimum atomic E-state index is -0.963. The van der Waals surface area contributed by atoms with Crippen molar-refractivity contribution in [2.45, 2.75) is 38.1 Å². The molecule has 1 fully saturated rings. The van der Waals surface area contributed by atoms with Crippen LogP contribution in [0.15, 0.2) is 18.2 Å². The molecule has 1 saturated carbocycles. The van der Waals surface area contributed by atoms with Crippen molar-refractivity contribution in [2.75, 3.05) is 0 Å². The monoisotopic (exact) mass is 324 g/mol. The summed E-state index contributed by atoms with van der Waals surface area (Å²) in [6.07, 6.45) is 1.59. The van der Waals surface area contributed by atoms with Crippen LogP contribution in [0.1, 0.15) is 31.2 Å². The Hall–Kier alpha value is -2.31. The Kier molecular flexibility index (Phi) is 5.41. The molecule has 7 heteroatoms. The molecule has 0 spiro atoms. The van der Waals surface area contributed by atoms with E-state index in [4.69, 9.17) is 5.73 Å². The SMILES string of the molecule is NC(=O)[C@@H](NC(=O)Cc1ccc(F)cc1F)[C@@H]1CCCC(=O)C1. The molecule has 5 nitrogen and oxygen atoms in total. The van der Waals surface area contributed by atoms with E-state index >= 15 is 0 Å². The first-order valence-electron chi connectivity index (χ1n) is 7.41. The van der Waals surface area contributed by atoms with Crippen molar-refractivity contribution in [1.29, 1.82) is 0 Å². The number of nitrogens with two attached hydrogens (primary N) is 1. The van der Waals surface area contributed by atoms with E-state index in [-0.39, 0.29) is 30.1 Å². The summed E-state index contributed by atoms with van der Waals surface area (Å²) in [4.78, 5) is 35.1. The third kappa shape index (κ3) is 4.58. The van der Waals surface area contributed by atoms with Crippen molar-refractivity contribution in [2.24, 2.45) is 11.7 Å². The Morgan fingerprint density at radius 1 is 1.35 bits per heavy atom. The van der Waals surface area contributed by atoms with Gasteiger partial charge in [0.15, 0.2) is 0 Å². The maximum atomic E-state index is 13.6. The molecule has 1 aliphatic rings. The van der Waals surface area contributed by atoms with Crippen LogP contribution in [0.5, 0.6) is 0 Å². The van der Waals surface area contributed by atoms with Gasteiger partial charge >= 0.3 is 0 Å². The second kappa shape index (κ2) is 7.30. The summed E-state index contributed by atoms with van der Waals surface area (Å²) in [6.45, 7) is 0. The van der Waals surface area contributed by atoms with Gasteiger partial charge in [-0.2, -0.15) is 0 Å². The van der Waals surface area contributed by atoms with Crippen molar-refractivity contribution in [3.05, 3.63) is 35.4 Å². The minimum Gasteiger partial charge on any atom is -0.368 e. The molecule has 3 N–H and O–H groups in total. The van der Waals surface area contributed by atoms with Crippen LogP contribution >= 0.6 is 0 Å². The third-order valence-corrected chi connectivity index (χ3v) is 3.98. The number of hydrogen-bond acceptors (Lipinski definition) is 3. The lowest BCUT2D eigenvalue weighted by Crippen LogP contribution is -2.50. The molecule has 0 saturated heterocycles. The number of halogens is 2. The first-order chi connectivity index (χ1) is 10.9. The first kappa shape index (κ1) is 17.1. The molecule has 1 aromatic rings. The summed E-state index contributed by atoms with van der Waals surface area (Å²) in [5, 5.41) is 2.47. The minimum absolute atomic E-state index is 0.0202. The molecule has 1 aromatic carbocycles. The van der Waals surface area contributed by atoms with Crippen molar-refractivity contribution >= 4 is 17.6 Å². The van der Waals surface area contributed by atoms with Gasteiger partial charge in [0.05, 0.1) is 6.42 Å². The lowest BCUT2D eigenvalue weighted by atomic mass is 9.83. The summed E-state index contributed by atoms with van der Waals surface area (Å²) in [5.74, 6) is -3.19. The fraction of sp³-hybridized carbons (Fsp3) is 0.438. The molecule has 0 aromatic heterocycles. The molecule has 2 amide bonds. The highest BCUT2D eigenvalue weighted by Gasteiger charge is 2.32. The average Bonchev–Trinajstić information content (AvgIpc) is 2.47. The number of carbonyl (C=O) groups is 3. The highest BCUT2D eigenvalue weighted by atomic mass is 19.1. The lowest BCUT2D eigenvalue weighted by molar-refractivity contribution is -0.130. The zero-order valence-electron chi connectivity index (χ0n) is 12.5. The molecule has 2 atom stereocenters. The van der Waals surface area contributed by atoms with E-state index in [9.17, 15) is 23.2 Å². The summed E-state index contributed by atoms with van der Waals surface area (Å²) in [5.41, 5.74) is 5.34. The average molecular weight is 324 g/mol. The Morgan fingerprint density at radius 2 is 2.09 bits per heavy atom. The van der Waals surface area contributed by atoms with Gasteiger partial charge in [-0.1, -0.05) is 6.07 Å². The zero-order valence-corrected chi connectivity index (χ0v) is 12.5. The van der Waals surface area contributed by atoms with Crippen molar-refractivity contribution in [1.82, 2.24) is 5.32 Å². The maximum absolute atomic E-state index is 13.6. The van der Waals surface area contributed by atoms with Gasteiger partial charge in [0.25, 0.3) is 0 Å². The van der Waals surface area contributed by atoms with Gasteiger partial charge in [-0.05, 0) is 30.4 Å². The Labute approximate surface area is 132 Å². The Morgan fingerprint density at radius 3 is 2.70 bits per heavy atom. The predicted molar refractivity (Wildman–Crippen MR) is 78.2 cm³/mol. The second-order valence-corrected chi connectivity index (χ2v) is 5.76. The molecule has 0 heterocycles. The number of rotatable bonds is 5. The predicted octanol–water partition coefficient (Wildman–Crippen LogP) is 1.24. The largest absolute Gasteiger partial charge is 0.368 e. The third-order valence-electron chi connectivity index (χ3n) is 3.98. The van der Waals surface area contributed by atoms with Crippen LogP contribution in [0.25, 0.3) is 0 Å². The second-order valence-electron chi connectivity index (χ2n) is 5.76. The molecular weight excluding hydrogens is 306 g/mol. The van der Waals surface area contributed by atoms with E-state index in [1.807, 2.05) is 0 Å². The van der Waals surface area contributed by atoms with Crippen molar-refractivity contribution < 1.29 is 23.2 Å². The molecular formula is C16H18F2N2O3. The molecule has 1 aliphatic carbocycles. The molecule has 23 heavy (non-hydrogen) atoms. The number of benzene rings is 1. The zero-order chi connectivity index (χ0) is 17.0. The van der Waals surface area contributed by atoms with Crippen LogP contribution in [0.2, 0.25) is 0 Å². The number of ketones is 1. The van der Waals surface area contributed by atoms with Gasteiger partial charge in [0.2, 0.25) is 11.8 Å². The lowest BCUT2D eigenvalue weighted by Gasteiger charge is -2.28. The summed E-state index contributed by atoms with van der Waals surface area (Å²) < 4.78 is 26.4. The van der Waals surface area contributed by atoms with Crippen LogP contribution in [0.3, 0.4) is 0 Å². The maximum Gasteiger partial charge on any atom is 0.240 e. The quantitative estimate of drug-likeness (QED) is 0.854. The first-order valence-corrected chi connectivity index (χ1v) is 7.41. The Bertz CT molecular complexity index is 634. The van der Waals surface area contributed by atoms with Gasteiger partial charge < -0.3 is 11.1 Å². The number of carbonyl (C=O) groups excluding carboxylic acids is 3. The van der Waals surface area contributed by atoms with E-state index in [0.717, 1.165) is 6.07 Å². The van der Waals surface area contributed by atoms with Crippen LogP contribution < -0.4 is 11.1 Å². The summed E-state index contributed by atoms with van der Waals surface area (Å²) in [7, 11) is 0. The van der Waals surface area contributed by atoms with Gasteiger partial charge in [-0.25, -0.2) is 8.78 Å². The van der Waals surface area contributed by atoms with Crippen LogP contribution in [0.4, 0.5) is 8.78 Å². The van der Waals surface area contributed by atoms with E-state index in [1.54, 1.807) is 0 Å². The fourth-order valence-electron chi connectivity index (χ4n) is 2.83. The molecule has 0 unspecified atom stereocenters. The fourth-order valence-corrected chi connectivity index (χ4v) is 2.83. The smallest absolute Gasteiger partial charge is 0.240 e. The van der Waals surface area contributed by atoms with E-state index in [1.165, 1.54) is 6.07 Å². The van der Waals surface area contributed by atoms with E-state index in [2.05, 4.69) is 5.32 Å². The number of Topliss-reactive ketones (excluding diaryl/α,β-unsaturated/α-hetero) is 1. The van der Waals surface area contributed by atoms with Crippen LogP contribution in [-0.2, 0) is 20.8 Å². The van der Waals surface area contributed by atoms with E-state index < -0.39 is 29.5 Å². The molecule has 2 rings (SSSR count). The Balaban J connectivity index is 2.03. The topological polar surface area (TPSA) is 89.3 Å². The van der Waals surface area contributed by atoms with Crippen LogP contribution in [0, 0.1) is 17.6 Å². The number of nitrogens with one attached hydrogen (secondary N) is 1. The molecule has 124 valence electrons.